The number of hydrogen-bond acceptors (Lipinski definition) is 3. The SMILES string of the molecule is CO[C@@H]1CCCN(C(=O)c2ccc(CNC(=O)C(C)C)cc2)C1. The molecule has 1 atom stereocenters. The third-order valence-electron chi connectivity index (χ3n) is 4.19. The molecule has 1 aliphatic rings. The number of amides is 2. The molecule has 1 aliphatic heterocycles. The fraction of sp³-hybridized carbons (Fsp3) is 0.556. The van der Waals surface area contributed by atoms with Crippen LogP contribution in [-0.2, 0) is 16.1 Å². The van der Waals surface area contributed by atoms with E-state index in [9.17, 15) is 9.59 Å². The maximum absolute atomic E-state index is 12.5. The standard InChI is InChI=1S/C18H26N2O3/c1-13(2)17(21)19-11-14-6-8-15(9-7-14)18(22)20-10-4-5-16(12-20)23-3/h6-9,13,16H,4-5,10-12H2,1-3H3,(H,19,21)/t16-/m1/s1. The summed E-state index contributed by atoms with van der Waals surface area (Å²) >= 11 is 0. The molecule has 1 heterocycles. The molecular weight excluding hydrogens is 292 g/mol. The maximum Gasteiger partial charge on any atom is 0.253 e. The second kappa shape index (κ2) is 8.11. The normalized spacial score (nSPS) is 18.1. The lowest BCUT2D eigenvalue weighted by Gasteiger charge is -2.32. The Hall–Kier alpha value is -1.88. The Morgan fingerprint density at radius 1 is 1.30 bits per heavy atom. The fourth-order valence-corrected chi connectivity index (χ4v) is 2.66. The Labute approximate surface area is 138 Å². The van der Waals surface area contributed by atoms with Crippen LogP contribution in [0.5, 0.6) is 0 Å². The summed E-state index contributed by atoms with van der Waals surface area (Å²) in [7, 11) is 1.69. The van der Waals surface area contributed by atoms with Crippen LogP contribution in [0.4, 0.5) is 0 Å². The van der Waals surface area contributed by atoms with Crippen molar-refractivity contribution in [2.75, 3.05) is 20.2 Å². The van der Waals surface area contributed by atoms with Gasteiger partial charge in [-0.25, -0.2) is 0 Å². The molecule has 1 saturated heterocycles. The van der Waals surface area contributed by atoms with Crippen molar-refractivity contribution in [3.63, 3.8) is 0 Å². The first-order valence-electron chi connectivity index (χ1n) is 8.20. The highest BCUT2D eigenvalue weighted by molar-refractivity contribution is 5.94. The summed E-state index contributed by atoms with van der Waals surface area (Å²) in [5.74, 6) is 0.0530. The number of methoxy groups -OCH3 is 1. The minimum Gasteiger partial charge on any atom is -0.380 e. The van der Waals surface area contributed by atoms with Gasteiger partial charge in [0.25, 0.3) is 5.91 Å². The molecule has 2 amide bonds. The minimum absolute atomic E-state index is 0.0244. The molecule has 23 heavy (non-hydrogen) atoms. The van der Waals surface area contributed by atoms with Gasteiger partial charge in [0.1, 0.15) is 0 Å². The molecule has 1 aromatic rings. The van der Waals surface area contributed by atoms with Gasteiger partial charge in [0.15, 0.2) is 0 Å². The molecule has 2 rings (SSSR count). The summed E-state index contributed by atoms with van der Waals surface area (Å²) in [6, 6.07) is 7.45. The van der Waals surface area contributed by atoms with Crippen LogP contribution in [0.2, 0.25) is 0 Å². The zero-order chi connectivity index (χ0) is 16.8. The van der Waals surface area contributed by atoms with Crippen molar-refractivity contribution in [2.24, 2.45) is 5.92 Å². The van der Waals surface area contributed by atoms with Crippen molar-refractivity contribution in [2.45, 2.75) is 39.3 Å². The average Bonchev–Trinajstić information content (AvgIpc) is 2.59. The van der Waals surface area contributed by atoms with Crippen LogP contribution in [0, 0.1) is 5.92 Å². The molecular formula is C18H26N2O3. The Morgan fingerprint density at radius 3 is 2.61 bits per heavy atom. The molecule has 5 nitrogen and oxygen atoms in total. The number of carbonyl (C=O) groups excluding carboxylic acids is 2. The summed E-state index contributed by atoms with van der Waals surface area (Å²) in [6.45, 7) is 5.65. The molecule has 0 unspecified atom stereocenters. The van der Waals surface area contributed by atoms with E-state index in [0.29, 0.717) is 18.7 Å². The maximum atomic E-state index is 12.5. The Morgan fingerprint density at radius 2 is 2.00 bits per heavy atom. The summed E-state index contributed by atoms with van der Waals surface area (Å²) < 4.78 is 5.37. The van der Waals surface area contributed by atoms with Crippen LogP contribution in [0.25, 0.3) is 0 Å². The van der Waals surface area contributed by atoms with E-state index in [0.717, 1.165) is 24.9 Å². The van der Waals surface area contributed by atoms with Gasteiger partial charge in [-0.1, -0.05) is 26.0 Å². The molecule has 5 heteroatoms. The molecule has 1 N–H and O–H groups in total. The average molecular weight is 318 g/mol. The summed E-state index contributed by atoms with van der Waals surface area (Å²) in [5, 5.41) is 2.87. The highest BCUT2D eigenvalue weighted by atomic mass is 16.5. The van der Waals surface area contributed by atoms with Crippen molar-refractivity contribution in [3.05, 3.63) is 35.4 Å². The zero-order valence-corrected chi connectivity index (χ0v) is 14.2. The van der Waals surface area contributed by atoms with E-state index in [1.165, 1.54) is 0 Å². The lowest BCUT2D eigenvalue weighted by atomic mass is 10.1. The Bertz CT molecular complexity index is 540. The number of ether oxygens (including phenoxy) is 1. The molecule has 0 aromatic heterocycles. The van der Waals surface area contributed by atoms with E-state index in [2.05, 4.69) is 5.32 Å². The monoisotopic (exact) mass is 318 g/mol. The number of hydrogen-bond donors (Lipinski definition) is 1. The third-order valence-corrected chi connectivity index (χ3v) is 4.19. The van der Waals surface area contributed by atoms with Gasteiger partial charge in [-0.2, -0.15) is 0 Å². The minimum atomic E-state index is -0.0244. The predicted molar refractivity (Wildman–Crippen MR) is 89.1 cm³/mol. The van der Waals surface area contributed by atoms with Crippen molar-refractivity contribution in [1.82, 2.24) is 10.2 Å². The van der Waals surface area contributed by atoms with Crippen LogP contribution in [0.15, 0.2) is 24.3 Å². The van der Waals surface area contributed by atoms with Crippen LogP contribution >= 0.6 is 0 Å². The number of nitrogens with one attached hydrogen (secondary N) is 1. The summed E-state index contributed by atoms with van der Waals surface area (Å²) in [5.41, 5.74) is 1.67. The molecule has 1 aromatic carbocycles. The van der Waals surface area contributed by atoms with Gasteiger partial charge in [0, 0.05) is 38.2 Å². The van der Waals surface area contributed by atoms with E-state index in [4.69, 9.17) is 4.74 Å². The van der Waals surface area contributed by atoms with Crippen LogP contribution in [0.3, 0.4) is 0 Å². The van der Waals surface area contributed by atoms with Crippen LogP contribution < -0.4 is 5.32 Å². The summed E-state index contributed by atoms with van der Waals surface area (Å²) in [6.07, 6.45) is 2.12. The molecule has 0 aliphatic carbocycles. The van der Waals surface area contributed by atoms with E-state index in [1.54, 1.807) is 7.11 Å². The van der Waals surface area contributed by atoms with E-state index < -0.39 is 0 Å². The second-order valence-electron chi connectivity index (χ2n) is 6.32. The van der Waals surface area contributed by atoms with Gasteiger partial charge < -0.3 is 15.0 Å². The molecule has 0 bridgehead atoms. The lowest BCUT2D eigenvalue weighted by Crippen LogP contribution is -2.42. The van der Waals surface area contributed by atoms with Gasteiger partial charge in [0.2, 0.25) is 5.91 Å². The topological polar surface area (TPSA) is 58.6 Å². The van der Waals surface area contributed by atoms with Crippen molar-refractivity contribution < 1.29 is 14.3 Å². The van der Waals surface area contributed by atoms with Crippen molar-refractivity contribution in [1.29, 1.82) is 0 Å². The largest absolute Gasteiger partial charge is 0.380 e. The van der Waals surface area contributed by atoms with Crippen LogP contribution in [0.1, 0.15) is 42.6 Å². The number of likely N-dealkylation sites (tertiary alicyclic amines) is 1. The number of nitrogens with zero attached hydrogens (tertiary/aromatic N) is 1. The molecule has 0 spiro atoms. The first kappa shape index (κ1) is 17.5. The fourth-order valence-electron chi connectivity index (χ4n) is 2.66. The number of piperidine rings is 1. The van der Waals surface area contributed by atoms with Crippen molar-refractivity contribution in [3.8, 4) is 0 Å². The summed E-state index contributed by atoms with van der Waals surface area (Å²) in [4.78, 5) is 26.0. The first-order chi connectivity index (χ1) is 11.0. The van der Waals surface area contributed by atoms with E-state index in [-0.39, 0.29) is 23.8 Å². The van der Waals surface area contributed by atoms with Gasteiger partial charge in [-0.05, 0) is 30.5 Å². The van der Waals surface area contributed by atoms with Gasteiger partial charge in [-0.3, -0.25) is 9.59 Å². The predicted octanol–water partition coefficient (Wildman–Crippen LogP) is 2.21. The van der Waals surface area contributed by atoms with Gasteiger partial charge >= 0.3 is 0 Å². The van der Waals surface area contributed by atoms with Crippen molar-refractivity contribution >= 4 is 11.8 Å². The highest BCUT2D eigenvalue weighted by Gasteiger charge is 2.24. The molecule has 0 saturated carbocycles. The molecule has 0 radical (unpaired) electrons. The first-order valence-corrected chi connectivity index (χ1v) is 8.20. The molecule has 126 valence electrons. The number of rotatable bonds is 5. The number of carbonyl (C=O) groups is 2. The van der Waals surface area contributed by atoms with Crippen LogP contribution in [-0.4, -0.2) is 43.0 Å². The number of benzene rings is 1. The smallest absolute Gasteiger partial charge is 0.253 e. The highest BCUT2D eigenvalue weighted by Crippen LogP contribution is 2.16. The van der Waals surface area contributed by atoms with Gasteiger partial charge in [-0.15, -0.1) is 0 Å². The van der Waals surface area contributed by atoms with Gasteiger partial charge in [0.05, 0.1) is 6.10 Å². The lowest BCUT2D eigenvalue weighted by molar-refractivity contribution is -0.124. The quantitative estimate of drug-likeness (QED) is 0.905. The second-order valence-corrected chi connectivity index (χ2v) is 6.32. The zero-order valence-electron chi connectivity index (χ0n) is 14.2. The Kier molecular flexibility index (Phi) is 6.16. The third kappa shape index (κ3) is 4.79. The van der Waals surface area contributed by atoms with E-state index in [1.807, 2.05) is 43.0 Å². The molecule has 1 fully saturated rings. The van der Waals surface area contributed by atoms with E-state index >= 15 is 0 Å². The Balaban J connectivity index is 1.93.